The highest BCUT2D eigenvalue weighted by Crippen LogP contribution is 2.33. The number of aromatic nitrogens is 2. The fourth-order valence-corrected chi connectivity index (χ4v) is 4.18. The summed E-state index contributed by atoms with van der Waals surface area (Å²) in [5, 5.41) is 0. The highest BCUT2D eigenvalue weighted by Gasteiger charge is 2.38. The van der Waals surface area contributed by atoms with E-state index in [1.807, 2.05) is 40.7 Å². The SMILES string of the molecule is CCOC1CC(C(=O)N2CCC(n3c(=O)[nH]c4ccccc43)CC2)C1. The molecule has 6 nitrogen and oxygen atoms in total. The van der Waals surface area contributed by atoms with Gasteiger partial charge in [0.1, 0.15) is 0 Å². The third-order valence-corrected chi connectivity index (χ3v) is 5.61. The molecule has 1 aliphatic heterocycles. The molecule has 0 atom stereocenters. The van der Waals surface area contributed by atoms with Crippen LogP contribution in [0.5, 0.6) is 0 Å². The van der Waals surface area contributed by atoms with E-state index in [0.717, 1.165) is 56.4 Å². The van der Waals surface area contributed by atoms with Crippen molar-refractivity contribution in [2.75, 3.05) is 19.7 Å². The first-order chi connectivity index (χ1) is 12.2. The van der Waals surface area contributed by atoms with E-state index in [2.05, 4.69) is 4.98 Å². The molecule has 1 N–H and O–H groups in total. The number of hydrogen-bond donors (Lipinski definition) is 1. The average Bonchev–Trinajstić information content (AvgIpc) is 2.93. The molecule has 1 aliphatic carbocycles. The molecule has 1 amide bonds. The summed E-state index contributed by atoms with van der Waals surface area (Å²) in [5.74, 6) is 0.393. The minimum absolute atomic E-state index is 0.0514. The molecule has 2 heterocycles. The lowest BCUT2D eigenvalue weighted by Gasteiger charge is -2.39. The van der Waals surface area contributed by atoms with Gasteiger partial charge >= 0.3 is 5.69 Å². The second-order valence-corrected chi connectivity index (χ2v) is 7.12. The van der Waals surface area contributed by atoms with E-state index >= 15 is 0 Å². The number of ether oxygens (including phenoxy) is 1. The molecule has 0 unspecified atom stereocenters. The van der Waals surface area contributed by atoms with Crippen LogP contribution in [0.4, 0.5) is 0 Å². The van der Waals surface area contributed by atoms with Crippen molar-refractivity contribution in [1.29, 1.82) is 0 Å². The molecule has 2 fully saturated rings. The normalized spacial score (nSPS) is 24.4. The van der Waals surface area contributed by atoms with Crippen molar-refractivity contribution >= 4 is 16.9 Å². The lowest BCUT2D eigenvalue weighted by Crippen LogP contribution is -2.47. The number of para-hydroxylation sites is 2. The van der Waals surface area contributed by atoms with Gasteiger partial charge in [-0.15, -0.1) is 0 Å². The summed E-state index contributed by atoms with van der Waals surface area (Å²) in [6.45, 7) is 4.17. The van der Waals surface area contributed by atoms with Crippen LogP contribution in [0.25, 0.3) is 11.0 Å². The standard InChI is InChI=1S/C19H25N3O3/c1-2-25-15-11-13(12-15)18(23)21-9-7-14(8-10-21)22-17-6-4-3-5-16(17)20-19(22)24/h3-6,13-15H,2,7-12H2,1H3,(H,20,24). The predicted molar refractivity (Wildman–Crippen MR) is 95.5 cm³/mol. The molecule has 6 heteroatoms. The fraction of sp³-hybridized carbons (Fsp3) is 0.579. The van der Waals surface area contributed by atoms with Crippen molar-refractivity contribution in [2.45, 2.75) is 44.8 Å². The summed E-state index contributed by atoms with van der Waals surface area (Å²) in [5.41, 5.74) is 1.78. The van der Waals surface area contributed by atoms with Crippen molar-refractivity contribution in [2.24, 2.45) is 5.92 Å². The quantitative estimate of drug-likeness (QED) is 0.926. The molecule has 1 aromatic carbocycles. The third kappa shape index (κ3) is 2.99. The summed E-state index contributed by atoms with van der Waals surface area (Å²) in [7, 11) is 0. The molecule has 0 bridgehead atoms. The summed E-state index contributed by atoms with van der Waals surface area (Å²) in [4.78, 5) is 29.8. The number of nitrogens with one attached hydrogen (secondary N) is 1. The van der Waals surface area contributed by atoms with Gasteiger partial charge in [-0.2, -0.15) is 0 Å². The van der Waals surface area contributed by atoms with Crippen LogP contribution in [-0.4, -0.2) is 46.2 Å². The monoisotopic (exact) mass is 343 g/mol. The minimum Gasteiger partial charge on any atom is -0.378 e. The Hall–Kier alpha value is -2.08. The summed E-state index contributed by atoms with van der Waals surface area (Å²) >= 11 is 0. The van der Waals surface area contributed by atoms with Crippen LogP contribution in [0.2, 0.25) is 0 Å². The molecule has 1 aromatic heterocycles. The Bertz CT molecular complexity index is 811. The van der Waals surface area contributed by atoms with E-state index in [9.17, 15) is 9.59 Å². The van der Waals surface area contributed by atoms with Gasteiger partial charge in [-0.1, -0.05) is 12.1 Å². The first-order valence-electron chi connectivity index (χ1n) is 9.27. The number of hydrogen-bond acceptors (Lipinski definition) is 3. The number of nitrogens with zero attached hydrogens (tertiary/aromatic N) is 2. The number of aromatic amines is 1. The Kier molecular flexibility index (Phi) is 4.37. The molecule has 1 saturated heterocycles. The first kappa shape index (κ1) is 16.4. The van der Waals surface area contributed by atoms with Crippen molar-refractivity contribution in [3.8, 4) is 0 Å². The first-order valence-corrected chi connectivity index (χ1v) is 9.27. The summed E-state index contributed by atoms with van der Waals surface area (Å²) < 4.78 is 7.42. The van der Waals surface area contributed by atoms with E-state index in [1.54, 1.807) is 0 Å². The lowest BCUT2D eigenvalue weighted by molar-refractivity contribution is -0.145. The van der Waals surface area contributed by atoms with Gasteiger partial charge in [0.15, 0.2) is 0 Å². The molecule has 25 heavy (non-hydrogen) atoms. The van der Waals surface area contributed by atoms with Crippen LogP contribution < -0.4 is 5.69 Å². The molecular formula is C19H25N3O3. The van der Waals surface area contributed by atoms with Crippen molar-refractivity contribution in [1.82, 2.24) is 14.5 Å². The molecule has 1 saturated carbocycles. The number of carbonyl (C=O) groups excluding carboxylic acids is 1. The van der Waals surface area contributed by atoms with Gasteiger partial charge in [-0.05, 0) is 44.7 Å². The minimum atomic E-state index is -0.0514. The zero-order valence-corrected chi connectivity index (χ0v) is 14.6. The summed E-state index contributed by atoms with van der Waals surface area (Å²) in [6, 6.07) is 7.95. The van der Waals surface area contributed by atoms with E-state index in [0.29, 0.717) is 0 Å². The van der Waals surface area contributed by atoms with Crippen LogP contribution in [0.1, 0.15) is 38.6 Å². The van der Waals surface area contributed by atoms with Crippen LogP contribution in [-0.2, 0) is 9.53 Å². The van der Waals surface area contributed by atoms with Gasteiger partial charge in [-0.3, -0.25) is 9.36 Å². The maximum atomic E-state index is 12.6. The summed E-state index contributed by atoms with van der Waals surface area (Å²) in [6.07, 6.45) is 3.63. The molecule has 0 radical (unpaired) electrons. The van der Waals surface area contributed by atoms with E-state index in [1.165, 1.54) is 0 Å². The number of H-pyrrole nitrogens is 1. The number of amides is 1. The van der Waals surface area contributed by atoms with Crippen LogP contribution in [0, 0.1) is 5.92 Å². The number of imidazole rings is 1. The Morgan fingerprint density at radius 3 is 2.68 bits per heavy atom. The Morgan fingerprint density at radius 2 is 1.96 bits per heavy atom. The van der Waals surface area contributed by atoms with E-state index in [-0.39, 0.29) is 29.7 Å². The number of fused-ring (bicyclic) bond motifs is 1. The van der Waals surface area contributed by atoms with Crippen LogP contribution >= 0.6 is 0 Å². The third-order valence-electron chi connectivity index (χ3n) is 5.61. The zero-order chi connectivity index (χ0) is 17.4. The molecule has 0 spiro atoms. The van der Waals surface area contributed by atoms with Crippen molar-refractivity contribution in [3.63, 3.8) is 0 Å². The molecule has 134 valence electrons. The second-order valence-electron chi connectivity index (χ2n) is 7.12. The zero-order valence-electron chi connectivity index (χ0n) is 14.6. The number of rotatable bonds is 4. The largest absolute Gasteiger partial charge is 0.378 e. The molecule has 4 rings (SSSR count). The number of carbonyl (C=O) groups is 1. The maximum Gasteiger partial charge on any atom is 0.326 e. The fourth-order valence-electron chi connectivity index (χ4n) is 4.18. The van der Waals surface area contributed by atoms with Gasteiger partial charge < -0.3 is 14.6 Å². The van der Waals surface area contributed by atoms with Crippen molar-refractivity contribution in [3.05, 3.63) is 34.7 Å². The second kappa shape index (κ2) is 6.67. The maximum absolute atomic E-state index is 12.6. The van der Waals surface area contributed by atoms with Crippen molar-refractivity contribution < 1.29 is 9.53 Å². The van der Waals surface area contributed by atoms with Gasteiger partial charge in [0.2, 0.25) is 5.91 Å². The van der Waals surface area contributed by atoms with E-state index in [4.69, 9.17) is 4.74 Å². The highest BCUT2D eigenvalue weighted by atomic mass is 16.5. The Balaban J connectivity index is 1.39. The Morgan fingerprint density at radius 1 is 1.24 bits per heavy atom. The average molecular weight is 343 g/mol. The van der Waals surface area contributed by atoms with Gasteiger partial charge in [0.25, 0.3) is 0 Å². The lowest BCUT2D eigenvalue weighted by atomic mass is 9.81. The van der Waals surface area contributed by atoms with Gasteiger partial charge in [-0.25, -0.2) is 4.79 Å². The molecule has 2 aliphatic rings. The smallest absolute Gasteiger partial charge is 0.326 e. The van der Waals surface area contributed by atoms with Gasteiger partial charge in [0, 0.05) is 31.7 Å². The highest BCUT2D eigenvalue weighted by molar-refractivity contribution is 5.80. The van der Waals surface area contributed by atoms with E-state index < -0.39 is 0 Å². The molecule has 2 aromatic rings. The molecular weight excluding hydrogens is 318 g/mol. The number of likely N-dealkylation sites (tertiary alicyclic amines) is 1. The number of benzene rings is 1. The number of piperidine rings is 1. The van der Waals surface area contributed by atoms with Crippen LogP contribution in [0.15, 0.2) is 29.1 Å². The van der Waals surface area contributed by atoms with Gasteiger partial charge in [0.05, 0.1) is 17.1 Å². The predicted octanol–water partition coefficient (Wildman–Crippen LogP) is 2.31. The Labute approximate surface area is 146 Å². The topological polar surface area (TPSA) is 67.3 Å². The van der Waals surface area contributed by atoms with Crippen LogP contribution in [0.3, 0.4) is 0 Å².